The van der Waals surface area contributed by atoms with Gasteiger partial charge in [0.15, 0.2) is 0 Å². The van der Waals surface area contributed by atoms with E-state index >= 15 is 0 Å². The summed E-state index contributed by atoms with van der Waals surface area (Å²) in [6.07, 6.45) is 1.48. The van der Waals surface area contributed by atoms with Crippen LogP contribution in [0.25, 0.3) is 0 Å². The topological polar surface area (TPSA) is 87.7 Å². The molecule has 1 fully saturated rings. The lowest BCUT2D eigenvalue weighted by molar-refractivity contribution is -0.137. The second-order valence-electron chi connectivity index (χ2n) is 8.40. The molecule has 2 N–H and O–H groups in total. The van der Waals surface area contributed by atoms with Crippen LogP contribution in [-0.4, -0.2) is 48.9 Å². The zero-order valence-electron chi connectivity index (χ0n) is 18.8. The van der Waals surface area contributed by atoms with Crippen LogP contribution in [0, 0.1) is 11.8 Å². The van der Waals surface area contributed by atoms with E-state index in [2.05, 4.69) is 10.6 Å². The summed E-state index contributed by atoms with van der Waals surface area (Å²) in [6, 6.07) is 15.4. The van der Waals surface area contributed by atoms with Gasteiger partial charge in [-0.25, -0.2) is 0 Å². The third-order valence-corrected chi connectivity index (χ3v) is 5.72. The summed E-state index contributed by atoms with van der Waals surface area (Å²) in [5, 5.41) is 5.81. The Labute approximate surface area is 189 Å². The Hall–Kier alpha value is -3.35. The number of anilines is 1. The number of hydrogen-bond acceptors (Lipinski definition) is 4. The lowest BCUT2D eigenvalue weighted by atomic mass is 9.94. The van der Waals surface area contributed by atoms with Crippen molar-refractivity contribution in [2.75, 3.05) is 25.5 Å². The van der Waals surface area contributed by atoms with Crippen molar-refractivity contribution < 1.29 is 19.1 Å². The molecule has 0 unspecified atom stereocenters. The summed E-state index contributed by atoms with van der Waals surface area (Å²) in [4.78, 5) is 40.5. The number of benzene rings is 2. The summed E-state index contributed by atoms with van der Waals surface area (Å²) in [7, 11) is 1.56. The van der Waals surface area contributed by atoms with Crippen molar-refractivity contribution in [3.05, 3.63) is 60.2 Å². The Morgan fingerprint density at radius 2 is 1.72 bits per heavy atom. The minimum Gasteiger partial charge on any atom is -0.497 e. The molecular formula is C25H31N3O4. The number of para-hydroxylation sites is 1. The largest absolute Gasteiger partial charge is 0.497 e. The number of carbonyl (C=O) groups excluding carboxylic acids is 3. The van der Waals surface area contributed by atoms with E-state index in [1.54, 1.807) is 36.3 Å². The predicted molar refractivity (Wildman–Crippen MR) is 123 cm³/mol. The lowest BCUT2D eigenvalue weighted by Gasteiger charge is -2.35. The molecule has 32 heavy (non-hydrogen) atoms. The fourth-order valence-electron chi connectivity index (χ4n) is 3.83. The standard InChI is InChI=1S/C25H31N3O4/c1-17(2)22(27-23(29)18-11-13-21(32-3)14-12-18)25(31)28-15-7-8-19(16-28)24(30)26-20-9-5-4-6-10-20/h4-6,9-14,17,19,22H,7-8,15-16H2,1-3H3,(H,26,30)(H,27,29)/t19-,22+/m0/s1. The first kappa shape index (κ1) is 23.3. The minimum atomic E-state index is -0.666. The highest BCUT2D eigenvalue weighted by molar-refractivity contribution is 5.98. The fourth-order valence-corrected chi connectivity index (χ4v) is 3.83. The molecule has 3 amide bonds. The SMILES string of the molecule is COc1ccc(C(=O)N[C@@H](C(=O)N2CCC[C@H](C(=O)Nc3ccccc3)C2)C(C)C)cc1. The Morgan fingerprint density at radius 1 is 1.03 bits per heavy atom. The van der Waals surface area contributed by atoms with Gasteiger partial charge >= 0.3 is 0 Å². The first-order valence-electron chi connectivity index (χ1n) is 11.0. The van der Waals surface area contributed by atoms with E-state index in [4.69, 9.17) is 4.74 Å². The summed E-state index contributed by atoms with van der Waals surface area (Å²) < 4.78 is 5.13. The molecule has 7 heteroatoms. The molecule has 170 valence electrons. The maximum absolute atomic E-state index is 13.3. The van der Waals surface area contributed by atoms with Gasteiger partial charge in [-0.3, -0.25) is 14.4 Å². The van der Waals surface area contributed by atoms with E-state index in [-0.39, 0.29) is 29.6 Å². The Bertz CT molecular complexity index is 928. The summed E-state index contributed by atoms with van der Waals surface area (Å²) in [6.45, 7) is 4.73. The van der Waals surface area contributed by atoms with Crippen LogP contribution >= 0.6 is 0 Å². The first-order chi connectivity index (χ1) is 15.4. The van der Waals surface area contributed by atoms with Crippen LogP contribution in [0.3, 0.4) is 0 Å². The Kier molecular flexibility index (Phi) is 7.87. The van der Waals surface area contributed by atoms with Crippen LogP contribution in [0.2, 0.25) is 0 Å². The van der Waals surface area contributed by atoms with Crippen molar-refractivity contribution in [3.63, 3.8) is 0 Å². The highest BCUT2D eigenvalue weighted by atomic mass is 16.5. The maximum atomic E-state index is 13.3. The summed E-state index contributed by atoms with van der Waals surface area (Å²) >= 11 is 0. The number of ether oxygens (including phenoxy) is 1. The number of piperidine rings is 1. The summed E-state index contributed by atoms with van der Waals surface area (Å²) in [5.74, 6) is -0.265. The third-order valence-electron chi connectivity index (χ3n) is 5.72. The van der Waals surface area contributed by atoms with Gasteiger partial charge in [0, 0.05) is 24.3 Å². The van der Waals surface area contributed by atoms with E-state index < -0.39 is 6.04 Å². The summed E-state index contributed by atoms with van der Waals surface area (Å²) in [5.41, 5.74) is 1.20. The molecule has 0 spiro atoms. The number of carbonyl (C=O) groups is 3. The molecule has 1 aliphatic heterocycles. The first-order valence-corrected chi connectivity index (χ1v) is 11.0. The van der Waals surface area contributed by atoms with Crippen LogP contribution in [0.4, 0.5) is 5.69 Å². The van der Waals surface area contributed by atoms with E-state index in [9.17, 15) is 14.4 Å². The number of methoxy groups -OCH3 is 1. The molecule has 0 saturated carbocycles. The van der Waals surface area contributed by atoms with Crippen molar-refractivity contribution in [3.8, 4) is 5.75 Å². The average Bonchev–Trinajstić information content (AvgIpc) is 2.82. The average molecular weight is 438 g/mol. The Morgan fingerprint density at radius 3 is 2.34 bits per heavy atom. The highest BCUT2D eigenvalue weighted by Crippen LogP contribution is 2.21. The van der Waals surface area contributed by atoms with Crippen molar-refractivity contribution in [2.24, 2.45) is 11.8 Å². The van der Waals surface area contributed by atoms with Crippen molar-refractivity contribution in [1.82, 2.24) is 10.2 Å². The van der Waals surface area contributed by atoms with E-state index in [0.717, 1.165) is 18.5 Å². The smallest absolute Gasteiger partial charge is 0.251 e. The normalized spacial score (nSPS) is 16.9. The highest BCUT2D eigenvalue weighted by Gasteiger charge is 2.34. The van der Waals surface area contributed by atoms with E-state index in [0.29, 0.717) is 24.4 Å². The van der Waals surface area contributed by atoms with Crippen LogP contribution in [0.5, 0.6) is 5.75 Å². The zero-order chi connectivity index (χ0) is 23.1. The van der Waals surface area contributed by atoms with Crippen molar-refractivity contribution in [2.45, 2.75) is 32.7 Å². The van der Waals surface area contributed by atoms with Crippen molar-refractivity contribution in [1.29, 1.82) is 0 Å². The van der Waals surface area contributed by atoms with Crippen LogP contribution in [0.1, 0.15) is 37.0 Å². The van der Waals surface area contributed by atoms with Gasteiger partial charge in [-0.15, -0.1) is 0 Å². The van der Waals surface area contributed by atoms with Crippen LogP contribution < -0.4 is 15.4 Å². The number of nitrogens with one attached hydrogen (secondary N) is 2. The Balaban J connectivity index is 1.64. The number of likely N-dealkylation sites (tertiary alicyclic amines) is 1. The zero-order valence-corrected chi connectivity index (χ0v) is 18.8. The van der Waals surface area contributed by atoms with Gasteiger partial charge in [-0.05, 0) is 55.2 Å². The molecule has 0 radical (unpaired) electrons. The third kappa shape index (κ3) is 5.87. The van der Waals surface area contributed by atoms with Gasteiger partial charge in [-0.1, -0.05) is 32.0 Å². The molecule has 0 bridgehead atoms. The second kappa shape index (κ2) is 10.8. The van der Waals surface area contributed by atoms with Gasteiger partial charge in [-0.2, -0.15) is 0 Å². The molecule has 1 heterocycles. The number of hydrogen-bond donors (Lipinski definition) is 2. The number of rotatable bonds is 7. The molecule has 0 aromatic heterocycles. The van der Waals surface area contributed by atoms with Gasteiger partial charge in [0.05, 0.1) is 13.0 Å². The molecule has 2 aromatic rings. The maximum Gasteiger partial charge on any atom is 0.251 e. The lowest BCUT2D eigenvalue weighted by Crippen LogP contribution is -2.54. The fraction of sp³-hybridized carbons (Fsp3) is 0.400. The molecule has 1 aliphatic rings. The molecule has 3 rings (SSSR count). The monoisotopic (exact) mass is 437 g/mol. The van der Waals surface area contributed by atoms with Crippen LogP contribution in [0.15, 0.2) is 54.6 Å². The van der Waals surface area contributed by atoms with E-state index in [1.807, 2.05) is 44.2 Å². The molecule has 0 aliphatic carbocycles. The van der Waals surface area contributed by atoms with Gasteiger partial charge in [0.25, 0.3) is 5.91 Å². The van der Waals surface area contributed by atoms with E-state index in [1.165, 1.54) is 0 Å². The molecule has 7 nitrogen and oxygen atoms in total. The van der Waals surface area contributed by atoms with Gasteiger partial charge < -0.3 is 20.3 Å². The second-order valence-corrected chi connectivity index (χ2v) is 8.40. The molecule has 2 atom stereocenters. The minimum absolute atomic E-state index is 0.0861. The quantitative estimate of drug-likeness (QED) is 0.696. The van der Waals surface area contributed by atoms with Crippen molar-refractivity contribution >= 4 is 23.4 Å². The van der Waals surface area contributed by atoms with Gasteiger partial charge in [0.2, 0.25) is 11.8 Å². The molecule has 1 saturated heterocycles. The predicted octanol–water partition coefficient (Wildman–Crippen LogP) is 3.33. The van der Waals surface area contributed by atoms with Crippen LogP contribution in [-0.2, 0) is 9.59 Å². The number of amides is 3. The molecule has 2 aromatic carbocycles. The number of nitrogens with zero attached hydrogens (tertiary/aromatic N) is 1. The molecular weight excluding hydrogens is 406 g/mol. The van der Waals surface area contributed by atoms with Gasteiger partial charge in [0.1, 0.15) is 11.8 Å².